The van der Waals surface area contributed by atoms with E-state index in [2.05, 4.69) is 9.71 Å². The summed E-state index contributed by atoms with van der Waals surface area (Å²) in [5, 5.41) is 9.52. The summed E-state index contributed by atoms with van der Waals surface area (Å²) in [6.07, 6.45) is 1.28. The zero-order valence-corrected chi connectivity index (χ0v) is 16.9. The zero-order chi connectivity index (χ0) is 20.9. The van der Waals surface area contributed by atoms with Crippen molar-refractivity contribution in [2.75, 3.05) is 36.9 Å². The van der Waals surface area contributed by atoms with Crippen molar-refractivity contribution in [1.29, 1.82) is 0 Å². The van der Waals surface area contributed by atoms with Crippen LogP contribution in [0.3, 0.4) is 0 Å². The van der Waals surface area contributed by atoms with Crippen LogP contribution in [0, 0.1) is 0 Å². The number of nitrogens with one attached hydrogen (secondary N) is 1. The second-order valence-electron chi connectivity index (χ2n) is 5.69. The second kappa shape index (κ2) is 8.79. The average Bonchev–Trinajstić information content (AvgIpc) is 2.68. The zero-order valence-electron chi connectivity index (χ0n) is 16.1. The molecule has 9 nitrogen and oxygen atoms in total. The number of aromatic nitrogens is 1. The van der Waals surface area contributed by atoms with Crippen molar-refractivity contribution < 1.29 is 27.8 Å². The van der Waals surface area contributed by atoms with E-state index in [0.717, 1.165) is 0 Å². The number of rotatable bonds is 9. The maximum Gasteiger partial charge on any atom is 0.339 e. The SMILES string of the molecule is CCN(CC)c1ncc(NS(=O)(=O)c2cc(OC)ccc2OC)cc1C(=O)O. The van der Waals surface area contributed by atoms with Crippen molar-refractivity contribution in [1.82, 2.24) is 4.98 Å². The Balaban J connectivity index is 2.47. The molecule has 1 aromatic carbocycles. The lowest BCUT2D eigenvalue weighted by molar-refractivity contribution is 0.0697. The highest BCUT2D eigenvalue weighted by atomic mass is 32.2. The fourth-order valence-electron chi connectivity index (χ4n) is 2.65. The van der Waals surface area contributed by atoms with Gasteiger partial charge in [0.25, 0.3) is 10.0 Å². The van der Waals surface area contributed by atoms with Gasteiger partial charge < -0.3 is 19.5 Å². The molecule has 0 bridgehead atoms. The highest BCUT2D eigenvalue weighted by Gasteiger charge is 2.23. The van der Waals surface area contributed by atoms with Crippen LogP contribution in [0.4, 0.5) is 11.5 Å². The smallest absolute Gasteiger partial charge is 0.339 e. The van der Waals surface area contributed by atoms with Crippen molar-refractivity contribution in [2.45, 2.75) is 18.7 Å². The first-order chi connectivity index (χ1) is 13.3. The van der Waals surface area contributed by atoms with Gasteiger partial charge in [-0.15, -0.1) is 0 Å². The number of anilines is 2. The van der Waals surface area contributed by atoms with E-state index in [0.29, 0.717) is 18.8 Å². The Bertz CT molecular complexity index is 958. The molecule has 1 heterocycles. The summed E-state index contributed by atoms with van der Waals surface area (Å²) in [4.78, 5) is 17.4. The molecule has 0 aliphatic heterocycles. The highest BCUT2D eigenvalue weighted by Crippen LogP contribution is 2.30. The van der Waals surface area contributed by atoms with Gasteiger partial charge >= 0.3 is 5.97 Å². The van der Waals surface area contributed by atoms with E-state index in [1.54, 1.807) is 11.0 Å². The number of hydrogen-bond acceptors (Lipinski definition) is 7. The number of hydrogen-bond donors (Lipinski definition) is 2. The fraction of sp³-hybridized carbons (Fsp3) is 0.333. The minimum Gasteiger partial charge on any atom is -0.497 e. The molecule has 0 radical (unpaired) electrons. The number of carboxylic acids is 1. The third-order valence-corrected chi connectivity index (χ3v) is 5.48. The second-order valence-corrected chi connectivity index (χ2v) is 7.35. The van der Waals surface area contributed by atoms with E-state index in [4.69, 9.17) is 9.47 Å². The van der Waals surface area contributed by atoms with Gasteiger partial charge in [-0.1, -0.05) is 0 Å². The molecule has 0 aliphatic carbocycles. The summed E-state index contributed by atoms with van der Waals surface area (Å²) in [6, 6.07) is 5.60. The van der Waals surface area contributed by atoms with Gasteiger partial charge in [0.2, 0.25) is 0 Å². The van der Waals surface area contributed by atoms with Gasteiger partial charge in [0.15, 0.2) is 0 Å². The number of carbonyl (C=O) groups is 1. The van der Waals surface area contributed by atoms with Gasteiger partial charge in [0.05, 0.1) is 26.1 Å². The largest absolute Gasteiger partial charge is 0.497 e. The maximum atomic E-state index is 12.8. The van der Waals surface area contributed by atoms with E-state index in [1.165, 1.54) is 38.6 Å². The van der Waals surface area contributed by atoms with Gasteiger partial charge in [-0.05, 0) is 32.0 Å². The molecule has 2 aromatic rings. The van der Waals surface area contributed by atoms with E-state index in [9.17, 15) is 18.3 Å². The summed E-state index contributed by atoms with van der Waals surface area (Å²) >= 11 is 0. The van der Waals surface area contributed by atoms with Crippen molar-refractivity contribution >= 4 is 27.5 Å². The summed E-state index contributed by atoms with van der Waals surface area (Å²) in [5.74, 6) is -0.462. The molecule has 0 atom stereocenters. The minimum atomic E-state index is -4.08. The molecule has 0 saturated heterocycles. The van der Waals surface area contributed by atoms with Gasteiger partial charge in [-0.2, -0.15) is 0 Å². The first kappa shape index (κ1) is 21.3. The number of benzene rings is 1. The standard InChI is InChI=1S/C18H23N3O6S/c1-5-21(6-2)17-14(18(22)23)9-12(11-19-17)20-28(24,25)16-10-13(26-3)7-8-15(16)27-4/h7-11,20H,5-6H2,1-4H3,(H,22,23). The summed E-state index contributed by atoms with van der Waals surface area (Å²) in [5.41, 5.74) is -0.0697. The van der Waals surface area contributed by atoms with E-state index >= 15 is 0 Å². The van der Waals surface area contributed by atoms with Crippen molar-refractivity contribution in [3.63, 3.8) is 0 Å². The minimum absolute atomic E-state index is 0.0261. The Hall–Kier alpha value is -3.01. The molecule has 0 unspecified atom stereocenters. The van der Waals surface area contributed by atoms with Crippen LogP contribution in [0.5, 0.6) is 11.5 Å². The fourth-order valence-corrected chi connectivity index (χ4v) is 3.87. The quantitative estimate of drug-likeness (QED) is 0.648. The van der Waals surface area contributed by atoms with Crippen molar-refractivity contribution in [3.8, 4) is 11.5 Å². The van der Waals surface area contributed by atoms with Gasteiger partial charge in [-0.3, -0.25) is 4.72 Å². The van der Waals surface area contributed by atoms with E-state index in [1.807, 2.05) is 13.8 Å². The number of aromatic carboxylic acids is 1. The topological polar surface area (TPSA) is 118 Å². The average molecular weight is 409 g/mol. The Morgan fingerprint density at radius 1 is 1.18 bits per heavy atom. The molecule has 0 saturated carbocycles. The predicted octanol–water partition coefficient (Wildman–Crippen LogP) is 2.44. The molecule has 152 valence electrons. The lowest BCUT2D eigenvalue weighted by atomic mass is 10.2. The molecular formula is C18H23N3O6S. The summed E-state index contributed by atoms with van der Waals surface area (Å²) < 4.78 is 38.2. The van der Waals surface area contributed by atoms with E-state index < -0.39 is 16.0 Å². The van der Waals surface area contributed by atoms with Crippen LogP contribution in [0.1, 0.15) is 24.2 Å². The Morgan fingerprint density at radius 2 is 1.86 bits per heavy atom. The van der Waals surface area contributed by atoms with Crippen LogP contribution in [0.25, 0.3) is 0 Å². The number of ether oxygens (including phenoxy) is 2. The van der Waals surface area contributed by atoms with Gasteiger partial charge in [-0.25, -0.2) is 18.2 Å². The lowest BCUT2D eigenvalue weighted by Gasteiger charge is -2.22. The van der Waals surface area contributed by atoms with Crippen LogP contribution < -0.4 is 19.1 Å². The molecule has 2 rings (SSSR count). The van der Waals surface area contributed by atoms with E-state index in [-0.39, 0.29) is 27.7 Å². The molecule has 10 heteroatoms. The molecule has 1 aromatic heterocycles. The molecule has 0 amide bonds. The van der Waals surface area contributed by atoms with Gasteiger partial charge in [0, 0.05) is 19.2 Å². The normalized spacial score (nSPS) is 11.0. The number of methoxy groups -OCH3 is 2. The molecular weight excluding hydrogens is 386 g/mol. The van der Waals surface area contributed by atoms with Crippen LogP contribution in [-0.4, -0.2) is 51.8 Å². The Kier molecular flexibility index (Phi) is 6.68. The molecule has 0 fully saturated rings. The van der Waals surface area contributed by atoms with Crippen molar-refractivity contribution in [3.05, 3.63) is 36.0 Å². The van der Waals surface area contributed by atoms with Crippen molar-refractivity contribution in [2.24, 2.45) is 0 Å². The number of nitrogens with zero attached hydrogens (tertiary/aromatic N) is 2. The summed E-state index contributed by atoms with van der Waals surface area (Å²) in [6.45, 7) is 4.89. The monoisotopic (exact) mass is 409 g/mol. The Morgan fingerprint density at radius 3 is 2.39 bits per heavy atom. The third-order valence-electron chi connectivity index (χ3n) is 4.07. The van der Waals surface area contributed by atoms with Crippen LogP contribution in [-0.2, 0) is 10.0 Å². The maximum absolute atomic E-state index is 12.8. The first-order valence-electron chi connectivity index (χ1n) is 8.50. The number of sulfonamides is 1. The lowest BCUT2D eigenvalue weighted by Crippen LogP contribution is -2.25. The van der Waals surface area contributed by atoms with Crippen LogP contribution in [0.15, 0.2) is 35.4 Å². The highest BCUT2D eigenvalue weighted by molar-refractivity contribution is 7.92. The summed E-state index contributed by atoms with van der Waals surface area (Å²) in [7, 11) is -1.31. The van der Waals surface area contributed by atoms with Crippen LogP contribution >= 0.6 is 0 Å². The molecule has 0 spiro atoms. The predicted molar refractivity (Wildman–Crippen MR) is 105 cm³/mol. The van der Waals surface area contributed by atoms with Crippen LogP contribution in [0.2, 0.25) is 0 Å². The number of pyridine rings is 1. The molecule has 2 N–H and O–H groups in total. The molecule has 0 aliphatic rings. The first-order valence-corrected chi connectivity index (χ1v) is 9.98. The Labute approximate surface area is 164 Å². The number of carboxylic acid groups (broad SMARTS) is 1. The molecule has 28 heavy (non-hydrogen) atoms. The third kappa shape index (κ3) is 4.45. The van der Waals surface area contributed by atoms with Gasteiger partial charge in [0.1, 0.15) is 27.8 Å².